The van der Waals surface area contributed by atoms with Gasteiger partial charge in [-0.1, -0.05) is 29.8 Å². The first-order valence-corrected chi connectivity index (χ1v) is 15.3. The molecule has 2 aromatic carbocycles. The average Bonchev–Trinajstić information content (AvgIpc) is 3.30. The number of aliphatic hydroxyl groups is 2. The molecule has 1 aromatic heterocycles. The number of carbonyl (C=O) groups is 2. The standard InChI is InChI=1S/C31H34ClF3N4O4S/c1-18(40)15-39(16-19(2)41)17-21-6-5-7-22(12-21)28(42)37-30-27(23-8-3-4-9-26(23)44-30)29(43)38-36-14-20-10-11-25(32)24(13-20)31(33,34)35/h5-7,10-14,18-19,40-41H,3-4,8-9,15-17H2,1-2H3,(H,37,42)(H,38,43)/b36-14-. The lowest BCUT2D eigenvalue weighted by molar-refractivity contribution is -0.137. The van der Waals surface area contributed by atoms with Gasteiger partial charge in [0.1, 0.15) is 5.00 Å². The summed E-state index contributed by atoms with van der Waals surface area (Å²) in [5.41, 5.74) is 3.79. The number of benzene rings is 2. The third kappa shape index (κ3) is 8.89. The van der Waals surface area contributed by atoms with E-state index in [0.717, 1.165) is 53.6 Å². The minimum absolute atomic E-state index is 0.100. The average molecular weight is 651 g/mol. The summed E-state index contributed by atoms with van der Waals surface area (Å²) in [5.74, 6) is -0.997. The summed E-state index contributed by atoms with van der Waals surface area (Å²) in [6.45, 7) is 4.45. The SMILES string of the molecule is CC(O)CN(Cc1cccc(C(=O)Nc2sc3c(c2C(=O)N/N=C\c2ccc(Cl)c(C(F)(F)F)c2)CCCC3)c1)CC(C)O. The molecule has 0 saturated heterocycles. The fourth-order valence-corrected chi connectivity index (χ4v) is 6.66. The Bertz CT molecular complexity index is 1510. The number of fused-ring (bicyclic) bond motifs is 1. The maximum atomic E-state index is 13.4. The minimum Gasteiger partial charge on any atom is -0.392 e. The first kappa shape index (κ1) is 33.6. The quantitative estimate of drug-likeness (QED) is 0.153. The molecular weight excluding hydrogens is 617 g/mol. The van der Waals surface area contributed by atoms with Crippen molar-refractivity contribution in [2.24, 2.45) is 5.10 Å². The Kier molecular flexibility index (Phi) is 11.2. The highest BCUT2D eigenvalue weighted by Gasteiger charge is 2.33. The van der Waals surface area contributed by atoms with Crippen LogP contribution < -0.4 is 10.7 Å². The minimum atomic E-state index is -4.64. The van der Waals surface area contributed by atoms with E-state index in [1.807, 2.05) is 11.0 Å². The zero-order chi connectivity index (χ0) is 32.0. The van der Waals surface area contributed by atoms with Gasteiger partial charge in [-0.15, -0.1) is 11.3 Å². The lowest BCUT2D eigenvalue weighted by atomic mass is 9.95. The first-order valence-electron chi connectivity index (χ1n) is 14.1. The van der Waals surface area contributed by atoms with Gasteiger partial charge >= 0.3 is 6.18 Å². The molecular formula is C31H34ClF3N4O4S. The lowest BCUT2D eigenvalue weighted by Gasteiger charge is -2.25. The highest BCUT2D eigenvalue weighted by atomic mass is 35.5. The second kappa shape index (κ2) is 14.7. The Morgan fingerprint density at radius 1 is 1.07 bits per heavy atom. The number of alkyl halides is 3. The van der Waals surface area contributed by atoms with E-state index in [1.165, 1.54) is 17.4 Å². The third-order valence-corrected chi connectivity index (χ3v) is 8.48. The number of aliphatic hydroxyl groups excluding tert-OH is 2. The van der Waals surface area contributed by atoms with E-state index in [0.29, 0.717) is 42.2 Å². The molecule has 0 radical (unpaired) electrons. The Morgan fingerprint density at radius 3 is 2.45 bits per heavy atom. The molecule has 0 bridgehead atoms. The predicted molar refractivity (Wildman–Crippen MR) is 166 cm³/mol. The van der Waals surface area contributed by atoms with E-state index >= 15 is 0 Å². The van der Waals surface area contributed by atoms with Gasteiger partial charge in [0.25, 0.3) is 11.8 Å². The summed E-state index contributed by atoms with van der Waals surface area (Å²) in [4.78, 5) is 29.6. The molecule has 2 atom stereocenters. The van der Waals surface area contributed by atoms with Crippen molar-refractivity contribution in [1.29, 1.82) is 0 Å². The number of hydrazone groups is 1. The molecule has 2 unspecified atom stereocenters. The normalized spacial score (nSPS) is 14.8. The summed E-state index contributed by atoms with van der Waals surface area (Å²) in [6.07, 6.45) is -1.48. The number of halogens is 4. The zero-order valence-corrected chi connectivity index (χ0v) is 25.8. The molecule has 3 aromatic rings. The van der Waals surface area contributed by atoms with E-state index < -0.39 is 40.8 Å². The lowest BCUT2D eigenvalue weighted by Crippen LogP contribution is -2.35. The molecule has 0 saturated carbocycles. The highest BCUT2D eigenvalue weighted by molar-refractivity contribution is 7.17. The molecule has 1 heterocycles. The van der Waals surface area contributed by atoms with Crippen molar-refractivity contribution < 1.29 is 33.0 Å². The number of aryl methyl sites for hydroxylation is 1. The smallest absolute Gasteiger partial charge is 0.392 e. The van der Waals surface area contributed by atoms with E-state index in [1.54, 1.807) is 32.0 Å². The van der Waals surface area contributed by atoms with Crippen LogP contribution >= 0.6 is 22.9 Å². The fraction of sp³-hybridized carbons (Fsp3) is 0.387. The number of thiophene rings is 1. The van der Waals surface area contributed by atoms with Crippen molar-refractivity contribution in [3.63, 3.8) is 0 Å². The molecule has 0 aliphatic heterocycles. The number of anilines is 1. The number of nitrogens with one attached hydrogen (secondary N) is 2. The molecule has 4 rings (SSSR count). The van der Waals surface area contributed by atoms with Gasteiger partial charge in [0, 0.05) is 30.1 Å². The van der Waals surface area contributed by atoms with Crippen molar-refractivity contribution in [1.82, 2.24) is 10.3 Å². The number of carbonyl (C=O) groups excluding carboxylic acids is 2. The van der Waals surface area contributed by atoms with Crippen molar-refractivity contribution in [2.45, 2.75) is 64.5 Å². The van der Waals surface area contributed by atoms with Crippen LogP contribution in [0.25, 0.3) is 0 Å². The summed E-state index contributed by atoms with van der Waals surface area (Å²) in [6, 6.07) is 10.3. The molecule has 2 amide bonds. The molecule has 0 spiro atoms. The van der Waals surface area contributed by atoms with Crippen LogP contribution in [0.4, 0.5) is 18.2 Å². The van der Waals surface area contributed by atoms with Gasteiger partial charge in [0.05, 0.1) is 34.6 Å². The molecule has 1 aliphatic rings. The van der Waals surface area contributed by atoms with Crippen LogP contribution in [0.3, 0.4) is 0 Å². The molecule has 1 aliphatic carbocycles. The fourth-order valence-electron chi connectivity index (χ4n) is 5.15. The van der Waals surface area contributed by atoms with Crippen molar-refractivity contribution >= 4 is 46.0 Å². The van der Waals surface area contributed by atoms with Gasteiger partial charge in [-0.3, -0.25) is 14.5 Å². The molecule has 0 fully saturated rings. The zero-order valence-electron chi connectivity index (χ0n) is 24.2. The van der Waals surface area contributed by atoms with Crippen LogP contribution in [-0.4, -0.2) is 58.4 Å². The van der Waals surface area contributed by atoms with E-state index in [2.05, 4.69) is 15.8 Å². The second-order valence-corrected chi connectivity index (χ2v) is 12.4. The Balaban J connectivity index is 1.52. The van der Waals surface area contributed by atoms with E-state index in [4.69, 9.17) is 11.6 Å². The molecule has 13 heteroatoms. The first-order chi connectivity index (χ1) is 20.8. The van der Waals surface area contributed by atoms with Crippen molar-refractivity contribution in [3.8, 4) is 0 Å². The Hall–Kier alpha value is -3.29. The summed E-state index contributed by atoms with van der Waals surface area (Å²) < 4.78 is 39.6. The number of rotatable bonds is 11. The van der Waals surface area contributed by atoms with Crippen molar-refractivity contribution in [2.75, 3.05) is 18.4 Å². The van der Waals surface area contributed by atoms with Crippen LogP contribution in [-0.2, 0) is 25.6 Å². The van der Waals surface area contributed by atoms with Crippen LogP contribution in [0, 0.1) is 0 Å². The van der Waals surface area contributed by atoms with Crippen LogP contribution in [0.15, 0.2) is 47.6 Å². The number of hydrogen-bond acceptors (Lipinski definition) is 7. The summed E-state index contributed by atoms with van der Waals surface area (Å²) in [7, 11) is 0. The van der Waals surface area contributed by atoms with Gasteiger partial charge in [-0.05, 0) is 80.5 Å². The molecule has 8 nitrogen and oxygen atoms in total. The van der Waals surface area contributed by atoms with Crippen LogP contribution in [0.1, 0.15) is 74.5 Å². The Labute approximate surface area is 262 Å². The maximum absolute atomic E-state index is 13.4. The monoisotopic (exact) mass is 650 g/mol. The number of hydrogen-bond donors (Lipinski definition) is 4. The maximum Gasteiger partial charge on any atom is 0.417 e. The second-order valence-electron chi connectivity index (χ2n) is 10.9. The van der Waals surface area contributed by atoms with E-state index in [9.17, 15) is 33.0 Å². The highest BCUT2D eigenvalue weighted by Crippen LogP contribution is 2.38. The predicted octanol–water partition coefficient (Wildman–Crippen LogP) is 5.88. The summed E-state index contributed by atoms with van der Waals surface area (Å²) in [5, 5.41) is 26.4. The molecule has 4 N–H and O–H groups in total. The Morgan fingerprint density at radius 2 is 1.77 bits per heavy atom. The van der Waals surface area contributed by atoms with Gasteiger partial charge in [-0.2, -0.15) is 18.3 Å². The number of nitrogens with zero attached hydrogens (tertiary/aromatic N) is 2. The van der Waals surface area contributed by atoms with Gasteiger partial charge in [-0.25, -0.2) is 5.43 Å². The van der Waals surface area contributed by atoms with Gasteiger partial charge in [0.2, 0.25) is 0 Å². The van der Waals surface area contributed by atoms with Crippen LogP contribution in [0.2, 0.25) is 5.02 Å². The summed E-state index contributed by atoms with van der Waals surface area (Å²) >= 11 is 7.01. The topological polar surface area (TPSA) is 114 Å². The van der Waals surface area contributed by atoms with Crippen molar-refractivity contribution in [3.05, 3.63) is 85.7 Å². The molecule has 236 valence electrons. The largest absolute Gasteiger partial charge is 0.417 e. The molecule has 44 heavy (non-hydrogen) atoms. The van der Waals surface area contributed by atoms with Gasteiger partial charge < -0.3 is 15.5 Å². The van der Waals surface area contributed by atoms with Crippen LogP contribution in [0.5, 0.6) is 0 Å². The van der Waals surface area contributed by atoms with E-state index in [-0.39, 0.29) is 5.56 Å². The number of amides is 2. The third-order valence-electron chi connectivity index (χ3n) is 6.94. The van der Waals surface area contributed by atoms with Gasteiger partial charge in [0.15, 0.2) is 0 Å².